The van der Waals surface area contributed by atoms with Gasteiger partial charge in [0.1, 0.15) is 0 Å². The molecule has 0 fully saturated rings. The fraction of sp³-hybridized carbons (Fsp3) is 0. The van der Waals surface area contributed by atoms with Gasteiger partial charge < -0.3 is 19.8 Å². The second-order valence-corrected chi connectivity index (χ2v) is 0.192. The van der Waals surface area contributed by atoms with Crippen molar-refractivity contribution in [3.8, 4) is 0 Å². The van der Waals surface area contributed by atoms with Crippen LogP contribution in [0.4, 0.5) is 0 Å². The molecule has 0 amide bonds. The van der Waals surface area contributed by atoms with Crippen molar-refractivity contribution in [3.05, 3.63) is 0 Å². The van der Waals surface area contributed by atoms with E-state index >= 15 is 0 Å². The Morgan fingerprint density at radius 2 is 1.00 bits per heavy atom. The minimum Gasteiger partial charge on any atom is -0.554 e. The molecule has 0 N–H and O–H groups in total. The summed E-state index contributed by atoms with van der Waals surface area (Å²) in [6, 6.07) is 0. The van der Waals surface area contributed by atoms with Gasteiger partial charge >= 0.3 is 0 Å². The van der Waals surface area contributed by atoms with Crippen molar-refractivity contribution in [1.82, 2.24) is 0 Å². The van der Waals surface area contributed by atoms with Crippen LogP contribution in [-0.2, 0) is 9.59 Å². The molecular weight excluding hydrogens is 295 g/mol. The Morgan fingerprint density at radius 3 is 1.00 bits per heavy atom. The van der Waals surface area contributed by atoms with Gasteiger partial charge in [0, 0.05) is 40.2 Å². The number of carboxylic acid groups (broad SMARTS) is 2. The maximum Gasteiger partial charge on any atom is 0.0275 e. The number of carbonyl (C=O) groups is 2. The Kier molecular flexibility index (Phi) is 90.3. The molecule has 0 spiro atoms. The Hall–Kier alpha value is -0.138. The summed E-state index contributed by atoms with van der Waals surface area (Å²) in [7, 11) is 0. The molecule has 0 rings (SSSR count). The summed E-state index contributed by atoms with van der Waals surface area (Å²) < 4.78 is 0. The van der Waals surface area contributed by atoms with E-state index in [2.05, 4.69) is 0 Å². The monoisotopic (exact) mass is 298 g/mol. The Morgan fingerprint density at radius 1 is 1.00 bits per heavy atom. The number of hydrogen-bond donors (Lipinski definition) is 0. The third-order valence-electron chi connectivity index (χ3n) is 0. The van der Waals surface area contributed by atoms with E-state index in [1.54, 1.807) is 0 Å². The van der Waals surface area contributed by atoms with Crippen LogP contribution in [0.5, 0.6) is 0 Å². The fourth-order valence-electron chi connectivity index (χ4n) is 0. The molecule has 0 atom stereocenters. The van der Waals surface area contributed by atoms with Crippen LogP contribution in [0.15, 0.2) is 0 Å². The first kappa shape index (κ1) is 15.8. The summed E-state index contributed by atoms with van der Waals surface area (Å²) >= 11 is 0. The summed E-state index contributed by atoms with van der Waals surface area (Å²) in [6.45, 7) is -1.00. The standard InChI is InChI=1S/2CH2O2.Pb/c2*2-1-3;/h2*1H,(H,2,3);/p-2. The summed E-state index contributed by atoms with van der Waals surface area (Å²) in [4.78, 5) is 16.5. The molecule has 0 aromatic rings. The third-order valence-corrected chi connectivity index (χ3v) is 0. The van der Waals surface area contributed by atoms with E-state index in [-0.39, 0.29) is 27.3 Å². The molecule has 0 aliphatic rings. The second kappa shape index (κ2) is 40.0. The van der Waals surface area contributed by atoms with E-state index in [0.717, 1.165) is 0 Å². The van der Waals surface area contributed by atoms with Crippen LogP contribution in [0.1, 0.15) is 0 Å². The quantitative estimate of drug-likeness (QED) is 0.341. The molecule has 0 unspecified atom stereocenters. The zero-order valence-corrected chi connectivity index (χ0v) is 7.18. The van der Waals surface area contributed by atoms with Gasteiger partial charge in [-0.1, -0.05) is 0 Å². The predicted molar refractivity (Wildman–Crippen MR) is 17.9 cm³/mol. The van der Waals surface area contributed by atoms with Crippen LogP contribution in [0.3, 0.4) is 0 Å². The molecule has 0 saturated carbocycles. The number of hydrogen-bond acceptors (Lipinski definition) is 4. The van der Waals surface area contributed by atoms with Crippen molar-refractivity contribution in [2.75, 3.05) is 0 Å². The molecule has 4 radical (unpaired) electrons. The third kappa shape index (κ3) is 4600. The molecule has 0 heterocycles. The van der Waals surface area contributed by atoms with E-state index in [9.17, 15) is 0 Å². The van der Waals surface area contributed by atoms with Crippen LogP contribution in [-0.4, -0.2) is 40.2 Å². The Bertz CT molecular complexity index is 30.7. The predicted octanol–water partition coefficient (Wildman–Crippen LogP) is -3.65. The van der Waals surface area contributed by atoms with E-state index in [0.29, 0.717) is 0 Å². The average Bonchev–Trinajstić information content (AvgIpc) is 1.39. The first-order valence-electron chi connectivity index (χ1n) is 0.943. The van der Waals surface area contributed by atoms with Crippen LogP contribution < -0.4 is 10.2 Å². The van der Waals surface area contributed by atoms with Crippen LogP contribution in [0.25, 0.3) is 0 Å². The topological polar surface area (TPSA) is 80.3 Å². The van der Waals surface area contributed by atoms with Gasteiger partial charge in [0.05, 0.1) is 0 Å². The minimum atomic E-state index is -0.500. The van der Waals surface area contributed by atoms with E-state index in [1.807, 2.05) is 0 Å². The molecule has 4 nitrogen and oxygen atoms in total. The Balaban J connectivity index is -0.0000000400. The van der Waals surface area contributed by atoms with E-state index in [1.165, 1.54) is 0 Å². The maximum atomic E-state index is 8.25. The molecule has 0 aromatic carbocycles. The van der Waals surface area contributed by atoms with Crippen molar-refractivity contribution in [3.63, 3.8) is 0 Å². The first-order valence-corrected chi connectivity index (χ1v) is 0.943. The molecule has 5 heteroatoms. The molecule has 0 bridgehead atoms. The van der Waals surface area contributed by atoms with E-state index in [4.69, 9.17) is 19.8 Å². The van der Waals surface area contributed by atoms with Gasteiger partial charge in [-0.15, -0.1) is 0 Å². The van der Waals surface area contributed by atoms with Gasteiger partial charge in [0.2, 0.25) is 0 Å². The first-order chi connectivity index (χ1) is 2.83. The minimum absolute atomic E-state index is 0. The SMILES string of the molecule is O=C[O-].O=C[O-].[Pb]. The molecule has 7 heavy (non-hydrogen) atoms. The molecule has 0 aliphatic carbocycles. The fourth-order valence-corrected chi connectivity index (χ4v) is 0. The van der Waals surface area contributed by atoms with Crippen LogP contribution in [0.2, 0.25) is 0 Å². The number of carbonyl (C=O) groups excluding carboxylic acids is 2. The normalized spacial score (nSPS) is 3.43. The van der Waals surface area contributed by atoms with Crippen molar-refractivity contribution >= 4 is 40.2 Å². The van der Waals surface area contributed by atoms with E-state index < -0.39 is 12.9 Å². The van der Waals surface area contributed by atoms with Gasteiger partial charge in [0.15, 0.2) is 0 Å². The summed E-state index contributed by atoms with van der Waals surface area (Å²) in [5, 5.41) is 16.5. The van der Waals surface area contributed by atoms with Crippen molar-refractivity contribution in [1.29, 1.82) is 0 Å². The average molecular weight is 297 g/mol. The maximum absolute atomic E-state index is 8.25. The molecule has 0 aromatic heterocycles. The zero-order chi connectivity index (χ0) is 5.41. The zero-order valence-electron chi connectivity index (χ0n) is 3.29. The molecule has 0 saturated heterocycles. The smallest absolute Gasteiger partial charge is 0.0275 e. The van der Waals surface area contributed by atoms with Crippen molar-refractivity contribution in [2.45, 2.75) is 0 Å². The summed E-state index contributed by atoms with van der Waals surface area (Å²) in [5.74, 6) is 0. The second-order valence-electron chi connectivity index (χ2n) is 0.192. The summed E-state index contributed by atoms with van der Waals surface area (Å²) in [6.07, 6.45) is 0. The van der Waals surface area contributed by atoms with Gasteiger partial charge in [-0.3, -0.25) is 0 Å². The van der Waals surface area contributed by atoms with Gasteiger partial charge in [-0.25, -0.2) is 0 Å². The number of rotatable bonds is 0. The molecular formula is C2H2O4Pb-2. The van der Waals surface area contributed by atoms with Crippen LogP contribution >= 0.6 is 0 Å². The molecule has 0 aliphatic heterocycles. The van der Waals surface area contributed by atoms with Crippen LogP contribution in [0, 0.1) is 0 Å². The Labute approximate surface area is 60.3 Å². The van der Waals surface area contributed by atoms with Gasteiger partial charge in [-0.05, 0) is 0 Å². The summed E-state index contributed by atoms with van der Waals surface area (Å²) in [5.41, 5.74) is 0. The van der Waals surface area contributed by atoms with Gasteiger partial charge in [0.25, 0.3) is 0 Å². The van der Waals surface area contributed by atoms with Crippen molar-refractivity contribution < 1.29 is 19.8 Å². The largest absolute Gasteiger partial charge is 0.554 e. The van der Waals surface area contributed by atoms with Crippen molar-refractivity contribution in [2.24, 2.45) is 0 Å². The molecule has 40 valence electrons. The van der Waals surface area contributed by atoms with Gasteiger partial charge in [-0.2, -0.15) is 0 Å².